The highest BCUT2D eigenvalue weighted by Crippen LogP contribution is 2.16. The first kappa shape index (κ1) is 19.6. The molecule has 3 N–H and O–H groups in total. The number of aromatic nitrogens is 1. The standard InChI is InChI=1S/C18H30N2O3/c1-3-4-5-6-7-8-10-15-11-9-12-16(20-15)18(23)17(13-21)19-14(2)22/h9,11-12,17-18,21,23H,3-8,10,13H2,1-2H3,(H,19,22). The number of nitrogens with one attached hydrogen (secondary N) is 1. The van der Waals surface area contributed by atoms with Crippen molar-refractivity contribution in [2.75, 3.05) is 6.61 Å². The van der Waals surface area contributed by atoms with Crippen LogP contribution < -0.4 is 5.32 Å². The van der Waals surface area contributed by atoms with E-state index >= 15 is 0 Å². The highest BCUT2D eigenvalue weighted by molar-refractivity contribution is 5.73. The number of hydrogen-bond acceptors (Lipinski definition) is 4. The third-order valence-electron chi connectivity index (χ3n) is 3.88. The van der Waals surface area contributed by atoms with Crippen molar-refractivity contribution >= 4 is 5.91 Å². The van der Waals surface area contributed by atoms with Crippen LogP contribution in [0.2, 0.25) is 0 Å². The molecule has 1 rings (SSSR count). The van der Waals surface area contributed by atoms with Gasteiger partial charge in [0.2, 0.25) is 5.91 Å². The minimum atomic E-state index is -1.01. The number of aliphatic hydroxyl groups excluding tert-OH is 2. The van der Waals surface area contributed by atoms with E-state index in [9.17, 15) is 15.0 Å². The maximum Gasteiger partial charge on any atom is 0.217 e. The zero-order valence-electron chi connectivity index (χ0n) is 14.3. The molecule has 1 heterocycles. The highest BCUT2D eigenvalue weighted by atomic mass is 16.3. The largest absolute Gasteiger partial charge is 0.394 e. The molecule has 2 atom stereocenters. The fourth-order valence-electron chi connectivity index (χ4n) is 2.58. The summed E-state index contributed by atoms with van der Waals surface area (Å²) in [6.07, 6.45) is 7.26. The molecule has 0 fully saturated rings. The Hall–Kier alpha value is -1.46. The molecule has 0 aliphatic heterocycles. The average molecular weight is 322 g/mol. The summed E-state index contributed by atoms with van der Waals surface area (Å²) in [4.78, 5) is 15.6. The second-order valence-electron chi connectivity index (χ2n) is 6.01. The molecule has 0 aliphatic rings. The molecule has 0 saturated carbocycles. The zero-order valence-corrected chi connectivity index (χ0v) is 14.3. The SMILES string of the molecule is CCCCCCCCc1cccc(C(O)C(CO)NC(C)=O)n1. The maximum atomic E-state index is 11.1. The number of aliphatic hydroxyl groups is 2. The Balaban J connectivity index is 2.53. The van der Waals surface area contributed by atoms with E-state index < -0.39 is 12.1 Å². The molecule has 0 saturated heterocycles. The minimum Gasteiger partial charge on any atom is -0.394 e. The van der Waals surface area contributed by atoms with Crippen molar-refractivity contribution in [1.82, 2.24) is 10.3 Å². The third kappa shape index (κ3) is 7.57. The third-order valence-corrected chi connectivity index (χ3v) is 3.88. The van der Waals surface area contributed by atoms with Crippen molar-refractivity contribution < 1.29 is 15.0 Å². The van der Waals surface area contributed by atoms with Gasteiger partial charge in [0.15, 0.2) is 0 Å². The number of aryl methyl sites for hydroxylation is 1. The Morgan fingerprint density at radius 3 is 2.57 bits per heavy atom. The number of pyridine rings is 1. The molecule has 23 heavy (non-hydrogen) atoms. The van der Waals surface area contributed by atoms with Crippen LogP contribution in [-0.4, -0.2) is 33.8 Å². The van der Waals surface area contributed by atoms with Crippen LogP contribution in [0, 0.1) is 0 Å². The van der Waals surface area contributed by atoms with Crippen molar-refractivity contribution in [3.05, 3.63) is 29.6 Å². The lowest BCUT2D eigenvalue weighted by Gasteiger charge is -2.21. The fourth-order valence-corrected chi connectivity index (χ4v) is 2.58. The number of hydrogen-bond donors (Lipinski definition) is 3. The molecule has 0 aliphatic carbocycles. The first-order chi connectivity index (χ1) is 11.1. The first-order valence-electron chi connectivity index (χ1n) is 8.60. The van der Waals surface area contributed by atoms with Crippen LogP contribution >= 0.6 is 0 Å². The van der Waals surface area contributed by atoms with E-state index in [1.54, 1.807) is 6.07 Å². The van der Waals surface area contributed by atoms with Gasteiger partial charge in [-0.3, -0.25) is 9.78 Å². The molecule has 1 aromatic rings. The van der Waals surface area contributed by atoms with Crippen LogP contribution in [0.5, 0.6) is 0 Å². The number of amides is 1. The summed E-state index contributed by atoms with van der Waals surface area (Å²) in [5.41, 5.74) is 1.43. The molecule has 5 nitrogen and oxygen atoms in total. The van der Waals surface area contributed by atoms with Crippen LogP contribution in [0.15, 0.2) is 18.2 Å². The summed E-state index contributed by atoms with van der Waals surface area (Å²) < 4.78 is 0. The van der Waals surface area contributed by atoms with Gasteiger partial charge < -0.3 is 15.5 Å². The first-order valence-corrected chi connectivity index (χ1v) is 8.60. The number of carbonyl (C=O) groups is 1. The van der Waals surface area contributed by atoms with Crippen LogP contribution in [0.25, 0.3) is 0 Å². The molecular formula is C18H30N2O3. The van der Waals surface area contributed by atoms with Gasteiger partial charge in [-0.25, -0.2) is 0 Å². The normalized spacial score (nSPS) is 13.6. The van der Waals surface area contributed by atoms with Crippen LogP contribution in [0.1, 0.15) is 69.9 Å². The summed E-state index contributed by atoms with van der Waals surface area (Å²) in [6.45, 7) is 3.24. The molecule has 1 aromatic heterocycles. The minimum absolute atomic E-state index is 0.286. The number of rotatable bonds is 11. The number of nitrogens with zero attached hydrogens (tertiary/aromatic N) is 1. The summed E-state index contributed by atoms with van der Waals surface area (Å²) in [7, 11) is 0. The Morgan fingerprint density at radius 2 is 1.91 bits per heavy atom. The van der Waals surface area contributed by atoms with Gasteiger partial charge in [0.1, 0.15) is 6.10 Å². The maximum absolute atomic E-state index is 11.1. The predicted molar refractivity (Wildman–Crippen MR) is 91.0 cm³/mol. The van der Waals surface area contributed by atoms with E-state index in [2.05, 4.69) is 17.2 Å². The van der Waals surface area contributed by atoms with E-state index in [1.165, 1.54) is 39.0 Å². The summed E-state index contributed by atoms with van der Waals surface area (Å²) in [5, 5.41) is 22.1. The van der Waals surface area contributed by atoms with E-state index in [4.69, 9.17) is 0 Å². The lowest BCUT2D eigenvalue weighted by Crippen LogP contribution is -2.41. The van der Waals surface area contributed by atoms with E-state index in [0.29, 0.717) is 5.69 Å². The molecule has 0 aromatic carbocycles. The van der Waals surface area contributed by atoms with E-state index in [-0.39, 0.29) is 12.5 Å². The van der Waals surface area contributed by atoms with Gasteiger partial charge in [-0.2, -0.15) is 0 Å². The second-order valence-corrected chi connectivity index (χ2v) is 6.01. The number of unbranched alkanes of at least 4 members (excludes halogenated alkanes) is 5. The highest BCUT2D eigenvalue weighted by Gasteiger charge is 2.22. The van der Waals surface area contributed by atoms with Crippen molar-refractivity contribution in [1.29, 1.82) is 0 Å². The second kappa shape index (κ2) is 11.1. The molecule has 5 heteroatoms. The Labute approximate surface area is 139 Å². The van der Waals surface area contributed by atoms with Crippen molar-refractivity contribution in [3.8, 4) is 0 Å². The molecule has 2 unspecified atom stereocenters. The van der Waals surface area contributed by atoms with Crippen molar-refractivity contribution in [2.45, 2.75) is 70.9 Å². The molecular weight excluding hydrogens is 292 g/mol. The number of carbonyl (C=O) groups excluding carboxylic acids is 1. The zero-order chi connectivity index (χ0) is 17.1. The summed E-state index contributed by atoms with van der Waals surface area (Å²) in [6, 6.07) is 4.80. The van der Waals surface area contributed by atoms with Gasteiger partial charge in [-0.05, 0) is 25.0 Å². The Morgan fingerprint density at radius 1 is 1.22 bits per heavy atom. The van der Waals surface area contributed by atoms with E-state index in [1.807, 2.05) is 12.1 Å². The topological polar surface area (TPSA) is 82.5 Å². The summed E-state index contributed by atoms with van der Waals surface area (Å²) >= 11 is 0. The van der Waals surface area contributed by atoms with Crippen LogP contribution in [-0.2, 0) is 11.2 Å². The van der Waals surface area contributed by atoms with Gasteiger partial charge in [0.25, 0.3) is 0 Å². The molecule has 0 bridgehead atoms. The molecule has 130 valence electrons. The van der Waals surface area contributed by atoms with Crippen molar-refractivity contribution in [3.63, 3.8) is 0 Å². The predicted octanol–water partition coefficient (Wildman–Crippen LogP) is 2.51. The Kier molecular flexibility index (Phi) is 9.48. The lowest BCUT2D eigenvalue weighted by molar-refractivity contribution is -0.121. The quantitative estimate of drug-likeness (QED) is 0.547. The fraction of sp³-hybridized carbons (Fsp3) is 0.667. The van der Waals surface area contributed by atoms with E-state index in [0.717, 1.165) is 18.5 Å². The lowest BCUT2D eigenvalue weighted by atomic mass is 10.1. The molecule has 0 spiro atoms. The van der Waals surface area contributed by atoms with Gasteiger partial charge >= 0.3 is 0 Å². The summed E-state index contributed by atoms with van der Waals surface area (Å²) in [5.74, 6) is -0.286. The Bertz CT molecular complexity index is 465. The molecule has 1 amide bonds. The van der Waals surface area contributed by atoms with Gasteiger partial charge in [0, 0.05) is 12.6 Å². The van der Waals surface area contributed by atoms with Crippen molar-refractivity contribution in [2.24, 2.45) is 0 Å². The molecule has 0 radical (unpaired) electrons. The van der Waals surface area contributed by atoms with Gasteiger partial charge in [-0.15, -0.1) is 0 Å². The monoisotopic (exact) mass is 322 g/mol. The van der Waals surface area contributed by atoms with Crippen LogP contribution in [0.3, 0.4) is 0 Å². The van der Waals surface area contributed by atoms with Gasteiger partial charge in [-0.1, -0.05) is 45.1 Å². The smallest absolute Gasteiger partial charge is 0.217 e. The van der Waals surface area contributed by atoms with Gasteiger partial charge in [0.05, 0.1) is 18.3 Å². The van der Waals surface area contributed by atoms with Crippen LogP contribution in [0.4, 0.5) is 0 Å². The average Bonchev–Trinajstić information content (AvgIpc) is 2.55.